The van der Waals surface area contributed by atoms with Gasteiger partial charge in [-0.25, -0.2) is 0 Å². The fraction of sp³-hybridized carbons (Fsp3) is 0.600. The maximum Gasteiger partial charge on any atom is 0.151 e. The van der Waals surface area contributed by atoms with Crippen molar-refractivity contribution in [2.24, 2.45) is 5.92 Å². The summed E-state index contributed by atoms with van der Waals surface area (Å²) in [6.07, 6.45) is 3.25. The van der Waals surface area contributed by atoms with Crippen LogP contribution in [0.25, 0.3) is 0 Å². The van der Waals surface area contributed by atoms with Crippen molar-refractivity contribution < 1.29 is 4.74 Å². The van der Waals surface area contributed by atoms with Gasteiger partial charge in [-0.15, -0.1) is 5.10 Å². The van der Waals surface area contributed by atoms with E-state index in [2.05, 4.69) is 10.2 Å². The third-order valence-corrected chi connectivity index (χ3v) is 2.73. The van der Waals surface area contributed by atoms with Gasteiger partial charge in [0, 0.05) is 13.2 Å². The Morgan fingerprint density at radius 2 is 2.07 bits per heavy atom. The van der Waals surface area contributed by atoms with Gasteiger partial charge < -0.3 is 4.74 Å². The number of aromatic nitrogens is 2. The number of hydrogen-bond acceptors (Lipinski definition) is 3. The first-order valence-electron chi connectivity index (χ1n) is 4.90. The number of rotatable bonds is 2. The van der Waals surface area contributed by atoms with Crippen molar-refractivity contribution >= 4 is 11.6 Å². The van der Waals surface area contributed by atoms with Crippen molar-refractivity contribution in [2.75, 3.05) is 13.2 Å². The van der Waals surface area contributed by atoms with Crippen molar-refractivity contribution in [3.8, 4) is 0 Å². The SMILES string of the molecule is Clc1ccc(CC2CCOCC2)nn1. The standard InChI is InChI=1S/C10H13ClN2O/c11-10-2-1-9(12-13-10)7-8-3-5-14-6-4-8/h1-2,8H,3-7H2. The lowest BCUT2D eigenvalue weighted by Gasteiger charge is -2.21. The Balaban J connectivity index is 1.92. The van der Waals surface area contributed by atoms with Gasteiger partial charge in [0.2, 0.25) is 0 Å². The van der Waals surface area contributed by atoms with Gasteiger partial charge in [0.05, 0.1) is 5.69 Å². The maximum absolute atomic E-state index is 5.66. The van der Waals surface area contributed by atoms with Gasteiger partial charge in [-0.3, -0.25) is 0 Å². The van der Waals surface area contributed by atoms with Gasteiger partial charge in [-0.2, -0.15) is 5.10 Å². The minimum atomic E-state index is 0.459. The van der Waals surface area contributed by atoms with Gasteiger partial charge in [0.15, 0.2) is 5.15 Å². The van der Waals surface area contributed by atoms with E-state index in [0.29, 0.717) is 11.1 Å². The normalized spacial score (nSPS) is 18.4. The zero-order valence-corrected chi connectivity index (χ0v) is 8.70. The molecule has 0 N–H and O–H groups in total. The van der Waals surface area contributed by atoms with Crippen LogP contribution in [0.3, 0.4) is 0 Å². The van der Waals surface area contributed by atoms with E-state index < -0.39 is 0 Å². The molecule has 2 heterocycles. The van der Waals surface area contributed by atoms with E-state index in [9.17, 15) is 0 Å². The summed E-state index contributed by atoms with van der Waals surface area (Å²) in [7, 11) is 0. The van der Waals surface area contributed by atoms with Crippen LogP contribution in [0.1, 0.15) is 18.5 Å². The molecule has 1 saturated heterocycles. The van der Waals surface area contributed by atoms with E-state index in [1.54, 1.807) is 6.07 Å². The van der Waals surface area contributed by atoms with E-state index in [1.807, 2.05) is 6.07 Å². The largest absolute Gasteiger partial charge is 0.381 e. The lowest BCUT2D eigenvalue weighted by molar-refractivity contribution is 0.0662. The van der Waals surface area contributed by atoms with Crippen molar-refractivity contribution in [2.45, 2.75) is 19.3 Å². The Kier molecular flexibility index (Phi) is 3.32. The Morgan fingerprint density at radius 3 is 2.71 bits per heavy atom. The van der Waals surface area contributed by atoms with Crippen molar-refractivity contribution in [1.29, 1.82) is 0 Å². The molecule has 0 atom stereocenters. The van der Waals surface area contributed by atoms with Gasteiger partial charge in [-0.1, -0.05) is 11.6 Å². The van der Waals surface area contributed by atoms with Crippen molar-refractivity contribution in [3.63, 3.8) is 0 Å². The highest BCUT2D eigenvalue weighted by Gasteiger charge is 2.14. The second kappa shape index (κ2) is 4.71. The summed E-state index contributed by atoms with van der Waals surface area (Å²) in [5.74, 6) is 0.694. The maximum atomic E-state index is 5.66. The quantitative estimate of drug-likeness (QED) is 0.753. The second-order valence-electron chi connectivity index (χ2n) is 3.61. The molecule has 0 spiro atoms. The van der Waals surface area contributed by atoms with E-state index in [1.165, 1.54) is 0 Å². The first kappa shape index (κ1) is 9.87. The van der Waals surface area contributed by atoms with Crippen LogP contribution in [0.2, 0.25) is 5.15 Å². The highest BCUT2D eigenvalue weighted by atomic mass is 35.5. The zero-order valence-electron chi connectivity index (χ0n) is 7.95. The van der Waals surface area contributed by atoms with Crippen molar-refractivity contribution in [3.05, 3.63) is 23.0 Å². The molecule has 0 amide bonds. The number of hydrogen-bond donors (Lipinski definition) is 0. The minimum absolute atomic E-state index is 0.459. The van der Waals surface area contributed by atoms with Gasteiger partial charge in [0.1, 0.15) is 0 Å². The lowest BCUT2D eigenvalue weighted by atomic mass is 9.95. The van der Waals surface area contributed by atoms with Crippen LogP contribution in [0.4, 0.5) is 0 Å². The second-order valence-corrected chi connectivity index (χ2v) is 3.99. The van der Waals surface area contributed by atoms with Crippen LogP contribution < -0.4 is 0 Å². The first-order valence-corrected chi connectivity index (χ1v) is 5.28. The Bertz CT molecular complexity index is 283. The Morgan fingerprint density at radius 1 is 1.29 bits per heavy atom. The highest BCUT2D eigenvalue weighted by Crippen LogP contribution is 2.18. The van der Waals surface area contributed by atoms with Crippen LogP contribution in [0.15, 0.2) is 12.1 Å². The molecule has 0 aromatic carbocycles. The van der Waals surface area contributed by atoms with E-state index in [4.69, 9.17) is 16.3 Å². The van der Waals surface area contributed by atoms with Gasteiger partial charge in [0.25, 0.3) is 0 Å². The lowest BCUT2D eigenvalue weighted by Crippen LogP contribution is -2.18. The van der Waals surface area contributed by atoms with Gasteiger partial charge >= 0.3 is 0 Å². The fourth-order valence-electron chi connectivity index (χ4n) is 1.70. The number of ether oxygens (including phenoxy) is 1. The molecule has 4 heteroatoms. The highest BCUT2D eigenvalue weighted by molar-refractivity contribution is 6.29. The molecule has 1 aromatic heterocycles. The first-order chi connectivity index (χ1) is 6.84. The average Bonchev–Trinajstić information content (AvgIpc) is 2.23. The van der Waals surface area contributed by atoms with E-state index >= 15 is 0 Å². The molecule has 0 unspecified atom stereocenters. The third kappa shape index (κ3) is 2.66. The predicted molar refractivity (Wildman–Crippen MR) is 54.3 cm³/mol. The number of halogens is 1. The fourth-order valence-corrected chi connectivity index (χ4v) is 1.80. The summed E-state index contributed by atoms with van der Waals surface area (Å²) < 4.78 is 5.30. The van der Waals surface area contributed by atoms with Crippen LogP contribution in [0.5, 0.6) is 0 Å². The Hall–Kier alpha value is -0.670. The molecule has 14 heavy (non-hydrogen) atoms. The molecule has 1 fully saturated rings. The van der Waals surface area contributed by atoms with Crippen LogP contribution in [0, 0.1) is 5.92 Å². The smallest absolute Gasteiger partial charge is 0.151 e. The molecule has 76 valence electrons. The van der Waals surface area contributed by atoms with Crippen LogP contribution in [-0.4, -0.2) is 23.4 Å². The molecule has 3 nitrogen and oxygen atoms in total. The molecule has 0 radical (unpaired) electrons. The molecular weight excluding hydrogens is 200 g/mol. The van der Waals surface area contributed by atoms with E-state index in [0.717, 1.165) is 38.2 Å². The summed E-state index contributed by atoms with van der Waals surface area (Å²) in [6.45, 7) is 1.76. The molecule has 0 aliphatic carbocycles. The summed E-state index contributed by atoms with van der Waals surface area (Å²) in [5.41, 5.74) is 1.03. The van der Waals surface area contributed by atoms with E-state index in [-0.39, 0.29) is 0 Å². The molecule has 1 aliphatic heterocycles. The summed E-state index contributed by atoms with van der Waals surface area (Å²) in [5, 5.41) is 8.34. The molecule has 1 aliphatic rings. The Labute approximate surface area is 88.4 Å². The summed E-state index contributed by atoms with van der Waals surface area (Å²) >= 11 is 5.66. The van der Waals surface area contributed by atoms with Crippen LogP contribution in [-0.2, 0) is 11.2 Å². The third-order valence-electron chi connectivity index (χ3n) is 2.53. The monoisotopic (exact) mass is 212 g/mol. The minimum Gasteiger partial charge on any atom is -0.381 e. The molecule has 0 bridgehead atoms. The summed E-state index contributed by atoms with van der Waals surface area (Å²) in [4.78, 5) is 0. The average molecular weight is 213 g/mol. The molecule has 0 saturated carbocycles. The molecule has 1 aromatic rings. The van der Waals surface area contributed by atoms with Gasteiger partial charge in [-0.05, 0) is 37.3 Å². The molecular formula is C10H13ClN2O. The van der Waals surface area contributed by atoms with Crippen LogP contribution >= 0.6 is 11.6 Å². The number of nitrogens with zero attached hydrogens (tertiary/aromatic N) is 2. The summed E-state index contributed by atoms with van der Waals surface area (Å²) in [6, 6.07) is 3.74. The van der Waals surface area contributed by atoms with Crippen molar-refractivity contribution in [1.82, 2.24) is 10.2 Å². The topological polar surface area (TPSA) is 35.0 Å². The zero-order chi connectivity index (χ0) is 9.80. The predicted octanol–water partition coefficient (Wildman–Crippen LogP) is 2.10. The molecule has 2 rings (SSSR count).